The van der Waals surface area contributed by atoms with E-state index in [2.05, 4.69) is 0 Å². The monoisotopic (exact) mass is 242 g/mol. The predicted octanol–water partition coefficient (Wildman–Crippen LogP) is 0.685. The molecule has 0 radical (unpaired) electrons. The number of rotatable bonds is 5. The molecule has 0 aromatic carbocycles. The summed E-state index contributed by atoms with van der Waals surface area (Å²) in [6.45, 7) is 4.99. The van der Waals surface area contributed by atoms with Gasteiger partial charge in [-0.1, -0.05) is 13.8 Å². The van der Waals surface area contributed by atoms with Gasteiger partial charge >= 0.3 is 5.97 Å². The molecule has 1 rings (SSSR count). The Balaban J connectivity index is 2.72. The summed E-state index contributed by atoms with van der Waals surface area (Å²) in [4.78, 5) is 25.0. The molecule has 3 N–H and O–H groups in total. The molecular formula is C12H22N2O3. The van der Waals surface area contributed by atoms with Crippen LogP contribution in [0.5, 0.6) is 0 Å². The minimum atomic E-state index is -0.795. The predicted molar refractivity (Wildman–Crippen MR) is 64.4 cm³/mol. The zero-order chi connectivity index (χ0) is 13.1. The number of nitrogens with two attached hydrogens (primary N) is 1. The molecule has 0 aromatic rings. The van der Waals surface area contributed by atoms with Gasteiger partial charge in [-0.3, -0.25) is 9.59 Å². The van der Waals surface area contributed by atoms with E-state index < -0.39 is 11.4 Å². The summed E-state index contributed by atoms with van der Waals surface area (Å²) in [6, 6.07) is 0. The van der Waals surface area contributed by atoms with Crippen LogP contribution in [0, 0.1) is 11.3 Å². The molecule has 0 spiro atoms. The minimum Gasteiger partial charge on any atom is -0.481 e. The molecule has 1 aliphatic rings. The van der Waals surface area contributed by atoms with Gasteiger partial charge in [-0.25, -0.2) is 0 Å². The summed E-state index contributed by atoms with van der Waals surface area (Å²) in [6.07, 6.45) is 1.81. The van der Waals surface area contributed by atoms with E-state index in [1.807, 2.05) is 13.8 Å². The molecule has 1 amide bonds. The van der Waals surface area contributed by atoms with Crippen LogP contribution in [0.1, 0.15) is 33.1 Å². The van der Waals surface area contributed by atoms with Crippen LogP contribution in [-0.4, -0.2) is 41.5 Å². The van der Waals surface area contributed by atoms with Gasteiger partial charge < -0.3 is 15.7 Å². The highest BCUT2D eigenvalue weighted by Crippen LogP contribution is 2.34. The van der Waals surface area contributed by atoms with Crippen LogP contribution in [-0.2, 0) is 9.59 Å². The van der Waals surface area contributed by atoms with E-state index in [1.54, 1.807) is 4.90 Å². The lowest BCUT2D eigenvalue weighted by molar-refractivity contribution is -0.148. The number of carboxylic acid groups (broad SMARTS) is 1. The fourth-order valence-corrected chi connectivity index (χ4v) is 2.38. The lowest BCUT2D eigenvalue weighted by atomic mass is 9.84. The number of aliphatic carboxylic acids is 1. The third-order valence-corrected chi connectivity index (χ3v) is 3.92. The lowest BCUT2D eigenvalue weighted by Crippen LogP contribution is -2.40. The van der Waals surface area contributed by atoms with Crippen molar-refractivity contribution in [3.8, 4) is 0 Å². The first-order valence-electron chi connectivity index (χ1n) is 6.23. The van der Waals surface area contributed by atoms with Crippen molar-refractivity contribution in [2.75, 3.05) is 19.6 Å². The molecule has 1 heterocycles. The normalized spacial score (nSPS) is 25.9. The van der Waals surface area contributed by atoms with Crippen molar-refractivity contribution in [1.29, 1.82) is 0 Å². The number of amides is 1. The second-order valence-corrected chi connectivity index (χ2v) is 4.79. The molecule has 5 heteroatoms. The van der Waals surface area contributed by atoms with Crippen molar-refractivity contribution in [3.05, 3.63) is 0 Å². The van der Waals surface area contributed by atoms with Crippen molar-refractivity contribution in [3.63, 3.8) is 0 Å². The van der Waals surface area contributed by atoms with Crippen molar-refractivity contribution >= 4 is 11.9 Å². The fourth-order valence-electron chi connectivity index (χ4n) is 2.38. The average molecular weight is 242 g/mol. The number of hydrogen-bond donors (Lipinski definition) is 2. The average Bonchev–Trinajstić information content (AvgIpc) is 2.76. The number of nitrogens with zero attached hydrogens (tertiary/aromatic N) is 1. The van der Waals surface area contributed by atoms with Crippen molar-refractivity contribution in [1.82, 2.24) is 4.90 Å². The Hall–Kier alpha value is -1.10. The van der Waals surface area contributed by atoms with Crippen LogP contribution in [0.2, 0.25) is 0 Å². The van der Waals surface area contributed by atoms with E-state index in [-0.39, 0.29) is 11.8 Å². The first-order chi connectivity index (χ1) is 8.00. The first kappa shape index (κ1) is 14.0. The molecule has 2 atom stereocenters. The number of carboxylic acids is 1. The highest BCUT2D eigenvalue weighted by molar-refractivity contribution is 5.82. The largest absolute Gasteiger partial charge is 0.481 e. The standard InChI is InChI=1S/C12H22N2O3/c1-3-9(7-13)10(15)14-6-5-12(4-2,8-14)11(16)17/h9H,3-8,13H2,1-2H3,(H,16,17). The number of hydrogen-bond acceptors (Lipinski definition) is 3. The van der Waals surface area contributed by atoms with Crippen LogP contribution in [0.3, 0.4) is 0 Å². The van der Waals surface area contributed by atoms with Crippen molar-refractivity contribution in [2.45, 2.75) is 33.1 Å². The topological polar surface area (TPSA) is 83.6 Å². The Morgan fingerprint density at radius 1 is 1.47 bits per heavy atom. The second-order valence-electron chi connectivity index (χ2n) is 4.79. The molecule has 0 bridgehead atoms. The zero-order valence-corrected chi connectivity index (χ0v) is 10.6. The summed E-state index contributed by atoms with van der Waals surface area (Å²) < 4.78 is 0. The molecule has 2 unspecified atom stereocenters. The van der Waals surface area contributed by atoms with E-state index >= 15 is 0 Å². The minimum absolute atomic E-state index is 0.00609. The molecule has 0 saturated carbocycles. The van der Waals surface area contributed by atoms with Gasteiger partial charge in [0.25, 0.3) is 0 Å². The Bertz CT molecular complexity index is 302. The second kappa shape index (κ2) is 5.49. The Labute approximate surface area is 102 Å². The maximum Gasteiger partial charge on any atom is 0.311 e. The van der Waals surface area contributed by atoms with Crippen LogP contribution < -0.4 is 5.73 Å². The van der Waals surface area contributed by atoms with Crippen LogP contribution in [0.25, 0.3) is 0 Å². The smallest absolute Gasteiger partial charge is 0.311 e. The Kier molecular flexibility index (Phi) is 4.51. The molecular weight excluding hydrogens is 220 g/mol. The van der Waals surface area contributed by atoms with Gasteiger partial charge in [0.1, 0.15) is 0 Å². The van der Waals surface area contributed by atoms with Gasteiger partial charge in [0.05, 0.1) is 11.3 Å². The summed E-state index contributed by atoms with van der Waals surface area (Å²) in [5.41, 5.74) is 4.80. The first-order valence-corrected chi connectivity index (χ1v) is 6.23. The van der Waals surface area contributed by atoms with E-state index in [0.717, 1.165) is 0 Å². The molecule has 0 aromatic heterocycles. The molecule has 1 fully saturated rings. The van der Waals surface area contributed by atoms with E-state index in [1.165, 1.54) is 0 Å². The van der Waals surface area contributed by atoms with Crippen molar-refractivity contribution in [2.24, 2.45) is 17.1 Å². The van der Waals surface area contributed by atoms with Gasteiger partial charge in [-0.2, -0.15) is 0 Å². The summed E-state index contributed by atoms with van der Waals surface area (Å²) in [5.74, 6) is -0.959. The van der Waals surface area contributed by atoms with Crippen LogP contribution in [0.4, 0.5) is 0 Å². The third-order valence-electron chi connectivity index (χ3n) is 3.92. The molecule has 98 valence electrons. The number of carbonyl (C=O) groups excluding carboxylic acids is 1. The summed E-state index contributed by atoms with van der Waals surface area (Å²) in [5, 5.41) is 9.25. The molecule has 1 saturated heterocycles. The number of carbonyl (C=O) groups is 2. The van der Waals surface area contributed by atoms with E-state index in [9.17, 15) is 14.7 Å². The third kappa shape index (κ3) is 2.60. The number of likely N-dealkylation sites (tertiary alicyclic amines) is 1. The molecule has 17 heavy (non-hydrogen) atoms. The van der Waals surface area contributed by atoms with Gasteiger partial charge in [-0.15, -0.1) is 0 Å². The fraction of sp³-hybridized carbons (Fsp3) is 0.833. The maximum atomic E-state index is 12.1. The highest BCUT2D eigenvalue weighted by atomic mass is 16.4. The van der Waals surface area contributed by atoms with Crippen molar-refractivity contribution < 1.29 is 14.7 Å². The highest BCUT2D eigenvalue weighted by Gasteiger charge is 2.45. The Morgan fingerprint density at radius 2 is 2.12 bits per heavy atom. The van der Waals surface area contributed by atoms with Gasteiger partial charge in [-0.05, 0) is 19.3 Å². The van der Waals surface area contributed by atoms with E-state index in [0.29, 0.717) is 38.9 Å². The SMILES string of the molecule is CCC(CN)C(=O)N1CCC(CC)(C(=O)O)C1. The van der Waals surface area contributed by atoms with Gasteiger partial charge in [0.15, 0.2) is 0 Å². The summed E-state index contributed by atoms with van der Waals surface area (Å²) >= 11 is 0. The quantitative estimate of drug-likeness (QED) is 0.742. The van der Waals surface area contributed by atoms with Crippen LogP contribution >= 0.6 is 0 Å². The van der Waals surface area contributed by atoms with Gasteiger partial charge in [0.2, 0.25) is 5.91 Å². The molecule has 0 aliphatic carbocycles. The zero-order valence-electron chi connectivity index (χ0n) is 10.6. The lowest BCUT2D eigenvalue weighted by Gasteiger charge is -2.25. The maximum absolute atomic E-state index is 12.1. The van der Waals surface area contributed by atoms with E-state index in [4.69, 9.17) is 5.73 Å². The molecule has 5 nitrogen and oxygen atoms in total. The summed E-state index contributed by atoms with van der Waals surface area (Å²) in [7, 11) is 0. The molecule has 1 aliphatic heterocycles. The van der Waals surface area contributed by atoms with Gasteiger partial charge in [0, 0.05) is 19.6 Å². The van der Waals surface area contributed by atoms with Crippen LogP contribution in [0.15, 0.2) is 0 Å². The Morgan fingerprint density at radius 3 is 2.47 bits per heavy atom.